The van der Waals surface area contributed by atoms with Crippen LogP contribution in [0.25, 0.3) is 10.8 Å². The summed E-state index contributed by atoms with van der Waals surface area (Å²) >= 11 is 1.65. The molecule has 0 spiro atoms. The molecule has 0 bridgehead atoms. The second-order valence-electron chi connectivity index (χ2n) is 6.38. The first-order chi connectivity index (χ1) is 13.1. The van der Waals surface area contributed by atoms with Crippen molar-refractivity contribution in [2.75, 3.05) is 12.4 Å². The molecule has 0 atom stereocenters. The Morgan fingerprint density at radius 1 is 1.00 bits per heavy atom. The van der Waals surface area contributed by atoms with E-state index in [0.29, 0.717) is 0 Å². The number of nitrogens with zero attached hydrogens (tertiary/aromatic N) is 2. The van der Waals surface area contributed by atoms with Gasteiger partial charge in [0.05, 0.1) is 7.11 Å². The molecule has 2 aromatic carbocycles. The normalized spacial score (nSPS) is 10.9. The van der Waals surface area contributed by atoms with Crippen LogP contribution in [-0.4, -0.2) is 22.3 Å². The van der Waals surface area contributed by atoms with E-state index >= 15 is 0 Å². The topological polar surface area (TPSA) is 62.8 Å². The monoisotopic (exact) mass is 376 g/mol. The zero-order valence-electron chi connectivity index (χ0n) is 15.4. The van der Waals surface area contributed by atoms with Crippen LogP contribution in [0, 0.1) is 13.8 Å². The van der Waals surface area contributed by atoms with Gasteiger partial charge in [-0.2, -0.15) is 5.10 Å². The summed E-state index contributed by atoms with van der Waals surface area (Å²) in [4.78, 5) is 6.00. The van der Waals surface area contributed by atoms with Gasteiger partial charge < -0.3 is 10.1 Å². The molecule has 0 aliphatic heterocycles. The van der Waals surface area contributed by atoms with E-state index in [-0.39, 0.29) is 0 Å². The molecule has 0 unspecified atom stereocenters. The Kier molecular flexibility index (Phi) is 4.73. The summed E-state index contributed by atoms with van der Waals surface area (Å²) in [5.41, 5.74) is 2.22. The van der Waals surface area contributed by atoms with Gasteiger partial charge in [-0.3, -0.25) is 5.10 Å². The van der Waals surface area contributed by atoms with Crippen molar-refractivity contribution in [3.05, 3.63) is 65.9 Å². The van der Waals surface area contributed by atoms with Crippen molar-refractivity contribution in [2.45, 2.75) is 23.8 Å². The summed E-state index contributed by atoms with van der Waals surface area (Å²) in [6, 6.07) is 18.4. The first kappa shape index (κ1) is 17.4. The molecule has 2 heterocycles. The number of methoxy groups -OCH3 is 1. The second kappa shape index (κ2) is 7.32. The number of nitrogens with one attached hydrogen (secondary N) is 2. The van der Waals surface area contributed by atoms with E-state index in [1.807, 2.05) is 31.2 Å². The third-order valence-electron chi connectivity index (χ3n) is 4.17. The van der Waals surface area contributed by atoms with Gasteiger partial charge in [-0.1, -0.05) is 29.5 Å². The molecule has 2 N–H and O–H groups in total. The Labute approximate surface area is 162 Å². The van der Waals surface area contributed by atoms with E-state index in [4.69, 9.17) is 9.72 Å². The summed E-state index contributed by atoms with van der Waals surface area (Å²) in [6.07, 6.45) is 0. The van der Waals surface area contributed by atoms with Crippen LogP contribution in [-0.2, 0) is 0 Å². The maximum absolute atomic E-state index is 5.39. The van der Waals surface area contributed by atoms with Crippen LogP contribution < -0.4 is 10.1 Å². The van der Waals surface area contributed by atoms with Gasteiger partial charge >= 0.3 is 0 Å². The Morgan fingerprint density at radius 2 is 1.89 bits per heavy atom. The molecule has 2 aromatic heterocycles. The lowest BCUT2D eigenvalue weighted by atomic mass is 10.1. The highest BCUT2D eigenvalue weighted by atomic mass is 32.2. The fourth-order valence-electron chi connectivity index (χ4n) is 2.88. The van der Waals surface area contributed by atoms with Gasteiger partial charge in [-0.25, -0.2) is 4.98 Å². The van der Waals surface area contributed by atoms with Crippen molar-refractivity contribution in [1.29, 1.82) is 0 Å². The lowest BCUT2D eigenvalue weighted by molar-refractivity contribution is 0.415. The van der Waals surface area contributed by atoms with Crippen LogP contribution in [0.4, 0.5) is 11.6 Å². The van der Waals surface area contributed by atoms with E-state index < -0.39 is 0 Å². The third kappa shape index (κ3) is 3.90. The van der Waals surface area contributed by atoms with Gasteiger partial charge in [0, 0.05) is 22.0 Å². The molecule has 27 heavy (non-hydrogen) atoms. The molecule has 0 aliphatic rings. The summed E-state index contributed by atoms with van der Waals surface area (Å²) < 4.78 is 5.39. The van der Waals surface area contributed by atoms with Gasteiger partial charge in [-0.05, 0) is 55.6 Å². The van der Waals surface area contributed by atoms with Crippen LogP contribution in [0.3, 0.4) is 0 Å². The van der Waals surface area contributed by atoms with E-state index in [9.17, 15) is 0 Å². The lowest BCUT2D eigenvalue weighted by Gasteiger charge is -2.11. The van der Waals surface area contributed by atoms with Gasteiger partial charge in [0.15, 0.2) is 5.82 Å². The highest BCUT2D eigenvalue weighted by Crippen LogP contribution is 2.35. The third-order valence-corrected chi connectivity index (χ3v) is 5.16. The second-order valence-corrected chi connectivity index (χ2v) is 7.44. The predicted octanol–water partition coefficient (Wildman–Crippen LogP) is 5.48. The number of pyridine rings is 1. The molecule has 6 heteroatoms. The Balaban J connectivity index is 1.79. The predicted molar refractivity (Wildman–Crippen MR) is 110 cm³/mol. The number of anilines is 2. The van der Waals surface area contributed by atoms with Crippen LogP contribution >= 0.6 is 11.8 Å². The Bertz CT molecular complexity index is 1110. The summed E-state index contributed by atoms with van der Waals surface area (Å²) in [5.74, 6) is 2.31. The number of benzene rings is 2. The number of H-pyrrole nitrogens is 1. The zero-order chi connectivity index (χ0) is 18.8. The molecule has 5 nitrogen and oxygen atoms in total. The number of rotatable bonds is 5. The number of aromatic amines is 1. The van der Waals surface area contributed by atoms with E-state index in [1.165, 1.54) is 5.56 Å². The largest absolute Gasteiger partial charge is 0.497 e. The summed E-state index contributed by atoms with van der Waals surface area (Å²) in [5, 5.41) is 13.6. The molecule has 0 radical (unpaired) electrons. The summed E-state index contributed by atoms with van der Waals surface area (Å²) in [7, 11) is 1.68. The zero-order valence-corrected chi connectivity index (χ0v) is 16.2. The number of hydrogen-bond acceptors (Lipinski definition) is 5. The minimum atomic E-state index is 0.744. The van der Waals surface area contributed by atoms with Crippen LogP contribution in [0.5, 0.6) is 5.75 Å². The number of hydrogen-bond donors (Lipinski definition) is 2. The minimum Gasteiger partial charge on any atom is -0.497 e. The van der Waals surface area contributed by atoms with Crippen molar-refractivity contribution in [1.82, 2.24) is 15.2 Å². The Hall–Kier alpha value is -2.99. The first-order valence-electron chi connectivity index (χ1n) is 8.63. The number of fused-ring (bicyclic) bond motifs is 1. The summed E-state index contributed by atoms with van der Waals surface area (Å²) in [6.45, 7) is 4.06. The standard InChI is InChI=1S/C21H20N4OS/c1-13-5-4-6-17(9-13)27-21-18-8-7-16(26-3)11-15(18)12-19(23-21)22-20-10-14(2)24-25-20/h4-12H,1-3H3,(H2,22,23,24,25). The molecule has 0 saturated carbocycles. The fourth-order valence-corrected chi connectivity index (χ4v) is 3.93. The molecule has 0 fully saturated rings. The highest BCUT2D eigenvalue weighted by molar-refractivity contribution is 7.99. The fraction of sp³-hybridized carbons (Fsp3) is 0.143. The van der Waals surface area contributed by atoms with E-state index in [1.54, 1.807) is 18.9 Å². The highest BCUT2D eigenvalue weighted by Gasteiger charge is 2.10. The van der Waals surface area contributed by atoms with Crippen LogP contribution in [0.2, 0.25) is 0 Å². The van der Waals surface area contributed by atoms with Crippen molar-refractivity contribution in [2.24, 2.45) is 0 Å². The van der Waals surface area contributed by atoms with Crippen molar-refractivity contribution in [3.63, 3.8) is 0 Å². The lowest BCUT2D eigenvalue weighted by Crippen LogP contribution is -1.96. The van der Waals surface area contributed by atoms with Crippen molar-refractivity contribution < 1.29 is 4.74 Å². The molecular weight excluding hydrogens is 356 g/mol. The molecule has 0 aliphatic carbocycles. The van der Waals surface area contributed by atoms with E-state index in [2.05, 4.69) is 52.8 Å². The molecule has 0 amide bonds. The average molecular weight is 376 g/mol. The minimum absolute atomic E-state index is 0.744. The van der Waals surface area contributed by atoms with Gasteiger partial charge in [-0.15, -0.1) is 0 Å². The Morgan fingerprint density at radius 3 is 2.63 bits per heavy atom. The molecule has 4 aromatic rings. The molecular formula is C21H20N4OS. The maximum atomic E-state index is 5.39. The number of aryl methyl sites for hydroxylation is 2. The van der Waals surface area contributed by atoms with E-state index in [0.717, 1.165) is 43.8 Å². The van der Waals surface area contributed by atoms with Crippen LogP contribution in [0.15, 0.2) is 64.5 Å². The number of aromatic nitrogens is 3. The van der Waals surface area contributed by atoms with Gasteiger partial charge in [0.1, 0.15) is 16.6 Å². The smallest absolute Gasteiger partial charge is 0.153 e. The molecule has 4 rings (SSSR count). The SMILES string of the molecule is COc1ccc2c(Sc3cccc(C)c3)nc(Nc3cc(C)[nH]n3)cc2c1. The quantitative estimate of drug-likeness (QED) is 0.483. The van der Waals surface area contributed by atoms with Crippen LogP contribution in [0.1, 0.15) is 11.3 Å². The maximum Gasteiger partial charge on any atom is 0.153 e. The molecule has 136 valence electrons. The van der Waals surface area contributed by atoms with Gasteiger partial charge in [0.25, 0.3) is 0 Å². The number of ether oxygens (including phenoxy) is 1. The molecule has 0 saturated heterocycles. The van der Waals surface area contributed by atoms with Crippen molar-refractivity contribution >= 4 is 34.2 Å². The van der Waals surface area contributed by atoms with Crippen molar-refractivity contribution in [3.8, 4) is 5.75 Å². The average Bonchev–Trinajstić information content (AvgIpc) is 3.06. The van der Waals surface area contributed by atoms with Gasteiger partial charge in [0.2, 0.25) is 0 Å². The first-order valence-corrected chi connectivity index (χ1v) is 9.45.